The number of nitrogens with one attached hydrogen (secondary N) is 1. The molecule has 4 aromatic rings. The molecular weight excluding hydrogens is 516 g/mol. The van der Waals surface area contributed by atoms with Crippen LogP contribution in [-0.4, -0.2) is 24.7 Å². The van der Waals surface area contributed by atoms with E-state index in [1.54, 1.807) is 66.7 Å². The zero-order valence-corrected chi connectivity index (χ0v) is 22.3. The van der Waals surface area contributed by atoms with Gasteiger partial charge in [-0.3, -0.25) is 4.79 Å². The van der Waals surface area contributed by atoms with Gasteiger partial charge in [0.05, 0.1) is 18.4 Å². The maximum absolute atomic E-state index is 12.5. The summed E-state index contributed by atoms with van der Waals surface area (Å²) in [6.07, 6.45) is 1.48. The SMILES string of the molecule is CCOc1cc(/C=N\NC(=O)c2ccc(OCc3ccc(C)cc3)cc2)ccc1OC(=O)c1ccc(Cl)cc1. The quantitative estimate of drug-likeness (QED) is 0.105. The maximum Gasteiger partial charge on any atom is 0.343 e. The Hall–Kier alpha value is -4.62. The van der Waals surface area contributed by atoms with Crippen molar-refractivity contribution in [1.82, 2.24) is 5.43 Å². The average Bonchev–Trinajstić information content (AvgIpc) is 2.95. The minimum atomic E-state index is -0.534. The van der Waals surface area contributed by atoms with E-state index in [1.807, 2.05) is 38.1 Å². The molecule has 8 heteroatoms. The van der Waals surface area contributed by atoms with Gasteiger partial charge >= 0.3 is 5.97 Å². The first-order valence-corrected chi connectivity index (χ1v) is 12.7. The molecule has 4 rings (SSSR count). The van der Waals surface area contributed by atoms with Crippen molar-refractivity contribution in [2.24, 2.45) is 5.10 Å². The molecule has 0 aromatic heterocycles. The van der Waals surface area contributed by atoms with E-state index in [1.165, 1.54) is 11.8 Å². The molecule has 0 atom stereocenters. The zero-order chi connectivity index (χ0) is 27.6. The number of hydrogen-bond acceptors (Lipinski definition) is 6. The number of carbonyl (C=O) groups excluding carboxylic acids is 2. The second kappa shape index (κ2) is 13.3. The van der Waals surface area contributed by atoms with Crippen molar-refractivity contribution in [2.75, 3.05) is 6.61 Å². The first kappa shape index (κ1) is 27.4. The van der Waals surface area contributed by atoms with Gasteiger partial charge in [0.2, 0.25) is 0 Å². The van der Waals surface area contributed by atoms with Crippen LogP contribution in [0.4, 0.5) is 0 Å². The summed E-state index contributed by atoms with van der Waals surface area (Å²) in [6, 6.07) is 26.3. The van der Waals surface area contributed by atoms with E-state index in [4.69, 9.17) is 25.8 Å². The molecular formula is C31H27ClN2O5. The van der Waals surface area contributed by atoms with Crippen LogP contribution < -0.4 is 19.6 Å². The summed E-state index contributed by atoms with van der Waals surface area (Å²) in [6.45, 7) is 4.67. The predicted octanol–water partition coefficient (Wildman–Crippen LogP) is 6.61. The minimum Gasteiger partial charge on any atom is -0.490 e. The number of ether oxygens (including phenoxy) is 3. The Kier molecular flexibility index (Phi) is 9.32. The molecule has 0 fully saturated rings. The summed E-state index contributed by atoms with van der Waals surface area (Å²) < 4.78 is 16.9. The van der Waals surface area contributed by atoms with Gasteiger partial charge in [-0.05, 0) is 91.7 Å². The molecule has 0 aliphatic carbocycles. The van der Waals surface area contributed by atoms with E-state index < -0.39 is 5.97 Å². The van der Waals surface area contributed by atoms with Gasteiger partial charge in [-0.25, -0.2) is 10.2 Å². The van der Waals surface area contributed by atoms with Crippen molar-refractivity contribution >= 4 is 29.7 Å². The van der Waals surface area contributed by atoms with Crippen LogP contribution in [0.5, 0.6) is 17.2 Å². The summed E-state index contributed by atoms with van der Waals surface area (Å²) in [5.74, 6) is 0.401. The number of benzene rings is 4. The Morgan fingerprint density at radius 3 is 2.23 bits per heavy atom. The number of hydrazone groups is 1. The molecule has 39 heavy (non-hydrogen) atoms. The Morgan fingerprint density at radius 1 is 0.846 bits per heavy atom. The highest BCUT2D eigenvalue weighted by molar-refractivity contribution is 6.30. The number of aryl methyl sites for hydroxylation is 1. The summed E-state index contributed by atoms with van der Waals surface area (Å²) in [5, 5.41) is 4.56. The third kappa shape index (κ3) is 7.93. The van der Waals surface area contributed by atoms with Crippen molar-refractivity contribution in [3.8, 4) is 17.2 Å². The Morgan fingerprint density at radius 2 is 1.54 bits per heavy atom. The second-order valence-electron chi connectivity index (χ2n) is 8.53. The first-order chi connectivity index (χ1) is 18.9. The van der Waals surface area contributed by atoms with E-state index in [-0.39, 0.29) is 11.7 Å². The van der Waals surface area contributed by atoms with Crippen LogP contribution >= 0.6 is 11.6 Å². The average molecular weight is 543 g/mol. The summed E-state index contributed by atoms with van der Waals surface area (Å²) in [4.78, 5) is 25.0. The van der Waals surface area contributed by atoms with Crippen LogP contribution in [0.15, 0.2) is 96.1 Å². The van der Waals surface area contributed by atoms with Gasteiger partial charge in [0.15, 0.2) is 11.5 Å². The molecule has 198 valence electrons. The number of amides is 1. The third-order valence-electron chi connectivity index (χ3n) is 5.57. The van der Waals surface area contributed by atoms with Crippen molar-refractivity contribution in [3.05, 3.63) is 124 Å². The molecule has 0 radical (unpaired) electrons. The largest absolute Gasteiger partial charge is 0.490 e. The highest BCUT2D eigenvalue weighted by Gasteiger charge is 2.13. The van der Waals surface area contributed by atoms with Crippen molar-refractivity contribution < 1.29 is 23.8 Å². The summed E-state index contributed by atoms with van der Waals surface area (Å²) in [7, 11) is 0. The van der Waals surface area contributed by atoms with Gasteiger partial charge in [0.25, 0.3) is 5.91 Å². The highest BCUT2D eigenvalue weighted by atomic mass is 35.5. The van der Waals surface area contributed by atoms with Gasteiger partial charge in [0.1, 0.15) is 12.4 Å². The van der Waals surface area contributed by atoms with Crippen molar-refractivity contribution in [2.45, 2.75) is 20.5 Å². The van der Waals surface area contributed by atoms with Crippen LogP contribution in [0.1, 0.15) is 44.3 Å². The van der Waals surface area contributed by atoms with Gasteiger partial charge in [-0.2, -0.15) is 5.10 Å². The number of carbonyl (C=O) groups is 2. The fourth-order valence-corrected chi connectivity index (χ4v) is 3.61. The molecule has 0 saturated heterocycles. The highest BCUT2D eigenvalue weighted by Crippen LogP contribution is 2.29. The fraction of sp³-hybridized carbons (Fsp3) is 0.129. The molecule has 0 aliphatic heterocycles. The molecule has 0 bridgehead atoms. The zero-order valence-electron chi connectivity index (χ0n) is 21.5. The Labute approximate surface area is 232 Å². The third-order valence-corrected chi connectivity index (χ3v) is 5.82. The molecule has 7 nitrogen and oxygen atoms in total. The number of nitrogens with zero attached hydrogens (tertiary/aromatic N) is 1. The molecule has 1 N–H and O–H groups in total. The van der Waals surface area contributed by atoms with Crippen LogP contribution in [0.2, 0.25) is 5.02 Å². The van der Waals surface area contributed by atoms with Crippen molar-refractivity contribution in [3.63, 3.8) is 0 Å². The van der Waals surface area contributed by atoms with E-state index in [9.17, 15) is 9.59 Å². The molecule has 1 amide bonds. The number of rotatable bonds is 10. The molecule has 0 spiro atoms. The van der Waals surface area contributed by atoms with Crippen molar-refractivity contribution in [1.29, 1.82) is 0 Å². The molecule has 0 saturated carbocycles. The van der Waals surface area contributed by atoms with Crippen LogP contribution in [0, 0.1) is 6.92 Å². The topological polar surface area (TPSA) is 86.2 Å². The lowest BCUT2D eigenvalue weighted by Crippen LogP contribution is -2.17. The van der Waals surface area contributed by atoms with Crippen LogP contribution in [0.3, 0.4) is 0 Å². The van der Waals surface area contributed by atoms with Gasteiger partial charge in [-0.1, -0.05) is 41.4 Å². The normalized spacial score (nSPS) is 10.7. The summed E-state index contributed by atoms with van der Waals surface area (Å²) in [5.41, 5.74) is 6.21. The van der Waals surface area contributed by atoms with E-state index >= 15 is 0 Å². The predicted molar refractivity (Wildman–Crippen MR) is 151 cm³/mol. The Bertz CT molecular complexity index is 1450. The van der Waals surface area contributed by atoms with Gasteiger partial charge in [-0.15, -0.1) is 0 Å². The summed E-state index contributed by atoms with van der Waals surface area (Å²) >= 11 is 5.88. The molecule has 0 heterocycles. The minimum absolute atomic E-state index is 0.266. The first-order valence-electron chi connectivity index (χ1n) is 12.3. The lowest BCUT2D eigenvalue weighted by atomic mass is 10.2. The van der Waals surface area contributed by atoms with Gasteiger partial charge < -0.3 is 14.2 Å². The molecule has 0 aliphatic rings. The molecule has 0 unspecified atom stereocenters. The van der Waals surface area contributed by atoms with Crippen LogP contribution in [-0.2, 0) is 6.61 Å². The standard InChI is InChI=1S/C31H27ClN2O5/c1-3-37-29-18-23(8-17-28(29)39-31(36)25-9-13-26(32)14-10-25)19-33-34-30(35)24-11-15-27(16-12-24)38-20-22-6-4-21(2)5-7-22/h4-19H,3,20H2,1-2H3,(H,34,35)/b33-19-. The van der Waals surface area contributed by atoms with Gasteiger partial charge in [0, 0.05) is 10.6 Å². The van der Waals surface area contributed by atoms with E-state index in [0.29, 0.717) is 46.4 Å². The molecule has 4 aromatic carbocycles. The maximum atomic E-state index is 12.5. The fourth-order valence-electron chi connectivity index (χ4n) is 3.49. The monoisotopic (exact) mass is 542 g/mol. The van der Waals surface area contributed by atoms with E-state index in [0.717, 1.165) is 5.56 Å². The number of esters is 1. The number of halogens is 1. The smallest absolute Gasteiger partial charge is 0.343 e. The lowest BCUT2D eigenvalue weighted by molar-refractivity contribution is 0.0728. The lowest BCUT2D eigenvalue weighted by Gasteiger charge is -2.11. The van der Waals surface area contributed by atoms with E-state index in [2.05, 4.69) is 10.5 Å². The second-order valence-corrected chi connectivity index (χ2v) is 8.97. The number of hydrogen-bond donors (Lipinski definition) is 1. The van der Waals surface area contributed by atoms with Crippen LogP contribution in [0.25, 0.3) is 0 Å². The Balaban J connectivity index is 1.33.